The number of piperidine rings is 1. The van der Waals surface area contributed by atoms with Crippen LogP contribution in [0.5, 0.6) is 0 Å². The third kappa shape index (κ3) is 2.08. The lowest BCUT2D eigenvalue weighted by atomic mass is 9.98. The van der Waals surface area contributed by atoms with E-state index < -0.39 is 5.97 Å². The molecule has 1 unspecified atom stereocenters. The van der Waals surface area contributed by atoms with Crippen molar-refractivity contribution >= 4 is 18.1 Å². The average Bonchev–Trinajstić information content (AvgIpc) is 2.77. The van der Waals surface area contributed by atoms with E-state index in [0.29, 0.717) is 25.1 Å². The molecule has 1 aromatic rings. The first-order valence-electron chi connectivity index (χ1n) is 5.23. The normalized spacial score (nSPS) is 20.8. The highest BCUT2D eigenvalue weighted by Gasteiger charge is 2.26. The number of aldehydes is 1. The third-order valence-corrected chi connectivity index (χ3v) is 2.81. The van der Waals surface area contributed by atoms with Gasteiger partial charge in [-0.25, -0.2) is 0 Å². The summed E-state index contributed by atoms with van der Waals surface area (Å²) in [5, 5.41) is 8.94. The van der Waals surface area contributed by atoms with Crippen LogP contribution in [0.15, 0.2) is 16.5 Å². The van der Waals surface area contributed by atoms with E-state index in [4.69, 9.17) is 9.52 Å². The Labute approximate surface area is 92.7 Å². The molecule has 2 rings (SSSR count). The Morgan fingerprint density at radius 1 is 1.56 bits per heavy atom. The first-order valence-corrected chi connectivity index (χ1v) is 5.23. The van der Waals surface area contributed by atoms with Crippen molar-refractivity contribution in [2.45, 2.75) is 12.8 Å². The van der Waals surface area contributed by atoms with E-state index in [1.54, 1.807) is 12.1 Å². The van der Waals surface area contributed by atoms with Crippen molar-refractivity contribution in [1.29, 1.82) is 0 Å². The van der Waals surface area contributed by atoms with Gasteiger partial charge in [0.15, 0.2) is 17.9 Å². The summed E-state index contributed by atoms with van der Waals surface area (Å²) in [5.41, 5.74) is 0. The second-order valence-electron chi connectivity index (χ2n) is 3.92. The van der Waals surface area contributed by atoms with Crippen LogP contribution in [0.1, 0.15) is 23.4 Å². The summed E-state index contributed by atoms with van der Waals surface area (Å²) in [5.74, 6) is -0.272. The number of hydrogen-bond acceptors (Lipinski definition) is 4. The Balaban J connectivity index is 2.09. The summed E-state index contributed by atoms with van der Waals surface area (Å²) in [4.78, 5) is 23.2. The fraction of sp³-hybridized carbons (Fsp3) is 0.455. The van der Waals surface area contributed by atoms with Gasteiger partial charge in [0.25, 0.3) is 0 Å². The van der Waals surface area contributed by atoms with Crippen LogP contribution in [0, 0.1) is 5.92 Å². The highest BCUT2D eigenvalue weighted by Crippen LogP contribution is 2.24. The van der Waals surface area contributed by atoms with Gasteiger partial charge < -0.3 is 14.4 Å². The van der Waals surface area contributed by atoms with Crippen LogP contribution < -0.4 is 4.90 Å². The van der Waals surface area contributed by atoms with Gasteiger partial charge in [-0.1, -0.05) is 0 Å². The molecular weight excluding hydrogens is 210 g/mol. The maximum Gasteiger partial charge on any atom is 0.308 e. The van der Waals surface area contributed by atoms with E-state index in [1.807, 2.05) is 4.90 Å². The van der Waals surface area contributed by atoms with Crippen LogP contribution >= 0.6 is 0 Å². The minimum absolute atomic E-state index is 0.271. The van der Waals surface area contributed by atoms with Gasteiger partial charge in [-0.15, -0.1) is 0 Å². The number of carbonyl (C=O) groups excluding carboxylic acids is 1. The number of nitrogens with zero attached hydrogens (tertiary/aromatic N) is 1. The molecule has 0 aromatic carbocycles. The second kappa shape index (κ2) is 4.38. The number of carboxylic acid groups (broad SMARTS) is 1. The van der Waals surface area contributed by atoms with Crippen LogP contribution in [0.2, 0.25) is 0 Å². The van der Waals surface area contributed by atoms with Gasteiger partial charge in [-0.3, -0.25) is 9.59 Å². The highest BCUT2D eigenvalue weighted by molar-refractivity contribution is 5.72. The van der Waals surface area contributed by atoms with Gasteiger partial charge in [0.2, 0.25) is 0 Å². The van der Waals surface area contributed by atoms with E-state index in [0.717, 1.165) is 13.0 Å². The van der Waals surface area contributed by atoms with Crippen molar-refractivity contribution in [3.63, 3.8) is 0 Å². The quantitative estimate of drug-likeness (QED) is 0.784. The predicted octanol–water partition coefficient (Wildman–Crippen LogP) is 1.39. The molecule has 0 aliphatic carbocycles. The summed E-state index contributed by atoms with van der Waals surface area (Å²) in [6, 6.07) is 3.29. The second-order valence-corrected chi connectivity index (χ2v) is 3.92. The molecule has 0 amide bonds. The summed E-state index contributed by atoms with van der Waals surface area (Å²) < 4.78 is 5.27. The summed E-state index contributed by atoms with van der Waals surface area (Å²) in [7, 11) is 0. The molecule has 1 saturated heterocycles. The molecule has 0 bridgehead atoms. The Hall–Kier alpha value is -1.78. The van der Waals surface area contributed by atoms with E-state index in [2.05, 4.69) is 0 Å². The molecule has 5 nitrogen and oxygen atoms in total. The molecule has 1 aliphatic rings. The van der Waals surface area contributed by atoms with Crippen LogP contribution in [-0.4, -0.2) is 30.5 Å². The molecule has 1 atom stereocenters. The van der Waals surface area contributed by atoms with E-state index >= 15 is 0 Å². The number of furan rings is 1. The lowest BCUT2D eigenvalue weighted by molar-refractivity contribution is -0.141. The molecule has 1 fully saturated rings. The first kappa shape index (κ1) is 10.7. The SMILES string of the molecule is O=Cc1ccc(N2CCCC(C(=O)O)C2)o1. The molecule has 0 spiro atoms. The standard InChI is InChI=1S/C11H13NO4/c13-7-9-3-4-10(16-9)12-5-1-2-8(6-12)11(14)15/h3-4,7-8H,1-2,5-6H2,(H,14,15). The van der Waals surface area contributed by atoms with Crippen LogP contribution in [0.3, 0.4) is 0 Å². The predicted molar refractivity (Wildman–Crippen MR) is 56.7 cm³/mol. The molecule has 2 heterocycles. The minimum Gasteiger partial charge on any atom is -0.481 e. The van der Waals surface area contributed by atoms with Gasteiger partial charge in [0.05, 0.1) is 5.92 Å². The van der Waals surface area contributed by atoms with Gasteiger partial charge in [0.1, 0.15) is 0 Å². The number of aliphatic carboxylic acids is 1. The summed E-state index contributed by atoms with van der Waals surface area (Å²) in [6.45, 7) is 1.22. The Morgan fingerprint density at radius 2 is 2.38 bits per heavy atom. The zero-order chi connectivity index (χ0) is 11.5. The molecule has 86 valence electrons. The molecule has 5 heteroatoms. The van der Waals surface area contributed by atoms with Crippen LogP contribution in [0.4, 0.5) is 5.88 Å². The Morgan fingerprint density at radius 3 is 3.00 bits per heavy atom. The smallest absolute Gasteiger partial charge is 0.308 e. The number of carbonyl (C=O) groups is 2. The van der Waals surface area contributed by atoms with E-state index in [9.17, 15) is 9.59 Å². The monoisotopic (exact) mass is 223 g/mol. The summed E-state index contributed by atoms with van der Waals surface area (Å²) >= 11 is 0. The Bertz CT molecular complexity index is 398. The molecular formula is C11H13NO4. The highest BCUT2D eigenvalue weighted by atomic mass is 16.4. The van der Waals surface area contributed by atoms with Gasteiger partial charge in [-0.05, 0) is 18.9 Å². The lowest BCUT2D eigenvalue weighted by Crippen LogP contribution is -2.38. The summed E-state index contributed by atoms with van der Waals surface area (Å²) in [6.07, 6.45) is 2.17. The molecule has 1 N–H and O–H groups in total. The number of carboxylic acids is 1. The largest absolute Gasteiger partial charge is 0.481 e. The molecule has 0 radical (unpaired) electrons. The van der Waals surface area contributed by atoms with Crippen LogP contribution in [0.25, 0.3) is 0 Å². The van der Waals surface area contributed by atoms with Crippen molar-refractivity contribution in [3.8, 4) is 0 Å². The van der Waals surface area contributed by atoms with Gasteiger partial charge in [-0.2, -0.15) is 0 Å². The Kier molecular flexibility index (Phi) is 2.94. The number of hydrogen-bond donors (Lipinski definition) is 1. The zero-order valence-electron chi connectivity index (χ0n) is 8.76. The van der Waals surface area contributed by atoms with Crippen molar-refractivity contribution in [2.75, 3.05) is 18.0 Å². The first-order chi connectivity index (χ1) is 7.70. The van der Waals surface area contributed by atoms with Crippen molar-refractivity contribution < 1.29 is 19.1 Å². The molecule has 16 heavy (non-hydrogen) atoms. The number of anilines is 1. The van der Waals surface area contributed by atoms with Gasteiger partial charge >= 0.3 is 5.97 Å². The average molecular weight is 223 g/mol. The van der Waals surface area contributed by atoms with Crippen LogP contribution in [-0.2, 0) is 4.79 Å². The van der Waals surface area contributed by atoms with E-state index in [1.165, 1.54) is 0 Å². The zero-order valence-corrected chi connectivity index (χ0v) is 8.76. The molecule has 0 saturated carbocycles. The fourth-order valence-electron chi connectivity index (χ4n) is 1.95. The topological polar surface area (TPSA) is 70.8 Å². The van der Waals surface area contributed by atoms with Crippen molar-refractivity contribution in [2.24, 2.45) is 5.92 Å². The molecule has 1 aliphatic heterocycles. The van der Waals surface area contributed by atoms with Crippen molar-refractivity contribution in [3.05, 3.63) is 17.9 Å². The fourth-order valence-corrected chi connectivity index (χ4v) is 1.95. The minimum atomic E-state index is -0.771. The van der Waals surface area contributed by atoms with E-state index in [-0.39, 0.29) is 11.7 Å². The van der Waals surface area contributed by atoms with Gasteiger partial charge in [0, 0.05) is 19.2 Å². The maximum atomic E-state index is 10.9. The van der Waals surface area contributed by atoms with Crippen molar-refractivity contribution in [1.82, 2.24) is 0 Å². The lowest BCUT2D eigenvalue weighted by Gasteiger charge is -2.30. The third-order valence-electron chi connectivity index (χ3n) is 2.81. The maximum absolute atomic E-state index is 10.9. The molecule has 1 aromatic heterocycles. The number of rotatable bonds is 3.